The molecule has 0 saturated carbocycles. The molecule has 3 nitrogen and oxygen atoms in total. The molecular weight excluding hydrogens is 301 g/mol. The largest absolute Gasteiger partial charge is 0.397 e. The third-order valence-electron chi connectivity index (χ3n) is 4.73. The lowest BCUT2D eigenvalue weighted by Crippen LogP contribution is -2.11. The molecule has 0 aromatic heterocycles. The van der Waals surface area contributed by atoms with Crippen LogP contribution in [-0.2, 0) is 12.8 Å². The Morgan fingerprint density at radius 3 is 2.12 bits per heavy atom. The Kier molecular flexibility index (Phi) is 4.49. The summed E-state index contributed by atoms with van der Waals surface area (Å²) < 4.78 is 14.4. The molecule has 0 heterocycles. The van der Waals surface area contributed by atoms with E-state index < -0.39 is 0 Å². The van der Waals surface area contributed by atoms with Crippen LogP contribution in [0.5, 0.6) is 0 Å². The fourth-order valence-corrected chi connectivity index (χ4v) is 3.59. The Bertz CT molecular complexity index is 872. The highest BCUT2D eigenvalue weighted by Crippen LogP contribution is 2.40. The number of benzene rings is 2. The minimum Gasteiger partial charge on any atom is -0.397 e. The van der Waals surface area contributed by atoms with Crippen LogP contribution in [0.15, 0.2) is 24.3 Å². The van der Waals surface area contributed by atoms with Gasteiger partial charge in [0, 0.05) is 11.1 Å². The van der Waals surface area contributed by atoms with Gasteiger partial charge in [0.05, 0.1) is 16.8 Å². The summed E-state index contributed by atoms with van der Waals surface area (Å²) in [6.07, 6.45) is 5.64. The van der Waals surface area contributed by atoms with E-state index >= 15 is 0 Å². The first kappa shape index (κ1) is 16.0. The second-order valence-electron chi connectivity index (χ2n) is 6.11. The SMILES string of the molecule is N#Cc1c(N)c(C#N)c(-c2ccccc2F)c2c1CCCCCC2. The van der Waals surface area contributed by atoms with Crippen LogP contribution in [0.3, 0.4) is 0 Å². The number of nitriles is 2. The predicted molar refractivity (Wildman–Crippen MR) is 91.6 cm³/mol. The molecule has 1 aliphatic rings. The van der Waals surface area contributed by atoms with Crippen molar-refractivity contribution < 1.29 is 4.39 Å². The van der Waals surface area contributed by atoms with Crippen LogP contribution in [0.2, 0.25) is 0 Å². The maximum absolute atomic E-state index is 14.4. The van der Waals surface area contributed by atoms with Gasteiger partial charge in [-0.15, -0.1) is 0 Å². The van der Waals surface area contributed by atoms with Crippen LogP contribution in [0.25, 0.3) is 11.1 Å². The van der Waals surface area contributed by atoms with E-state index in [1.54, 1.807) is 18.2 Å². The van der Waals surface area contributed by atoms with E-state index in [1.807, 2.05) is 0 Å². The lowest BCUT2D eigenvalue weighted by atomic mass is 9.81. The van der Waals surface area contributed by atoms with Crippen LogP contribution in [0, 0.1) is 28.5 Å². The number of anilines is 1. The van der Waals surface area contributed by atoms with Gasteiger partial charge in [-0.3, -0.25) is 0 Å². The number of rotatable bonds is 1. The molecule has 0 fully saturated rings. The number of nitrogen functional groups attached to an aromatic ring is 1. The van der Waals surface area contributed by atoms with Gasteiger partial charge in [0.25, 0.3) is 0 Å². The van der Waals surface area contributed by atoms with Gasteiger partial charge >= 0.3 is 0 Å². The van der Waals surface area contributed by atoms with Crippen molar-refractivity contribution in [1.82, 2.24) is 0 Å². The van der Waals surface area contributed by atoms with E-state index in [2.05, 4.69) is 12.1 Å². The van der Waals surface area contributed by atoms with Gasteiger partial charge in [0.2, 0.25) is 0 Å². The van der Waals surface area contributed by atoms with E-state index in [0.29, 0.717) is 16.7 Å². The summed E-state index contributed by atoms with van der Waals surface area (Å²) in [5, 5.41) is 19.2. The van der Waals surface area contributed by atoms with Crippen molar-refractivity contribution in [3.63, 3.8) is 0 Å². The van der Waals surface area contributed by atoms with Gasteiger partial charge in [-0.05, 0) is 42.9 Å². The lowest BCUT2D eigenvalue weighted by Gasteiger charge is -2.22. The van der Waals surface area contributed by atoms with Crippen LogP contribution < -0.4 is 5.73 Å². The van der Waals surface area contributed by atoms with E-state index in [9.17, 15) is 14.9 Å². The Labute approximate surface area is 141 Å². The number of fused-ring (bicyclic) bond motifs is 1. The highest BCUT2D eigenvalue weighted by molar-refractivity contribution is 5.85. The van der Waals surface area contributed by atoms with E-state index in [-0.39, 0.29) is 17.1 Å². The molecule has 0 unspecified atom stereocenters. The highest BCUT2D eigenvalue weighted by atomic mass is 19.1. The number of hydrogen-bond acceptors (Lipinski definition) is 3. The second-order valence-corrected chi connectivity index (χ2v) is 6.11. The molecule has 0 saturated heterocycles. The van der Waals surface area contributed by atoms with Crippen molar-refractivity contribution in [2.45, 2.75) is 38.5 Å². The normalized spacial score (nSPS) is 14.0. The first-order valence-corrected chi connectivity index (χ1v) is 8.21. The minimum absolute atomic E-state index is 0.178. The first-order chi connectivity index (χ1) is 11.7. The predicted octanol–water partition coefficient (Wildman–Crippen LogP) is 4.48. The molecule has 4 heteroatoms. The van der Waals surface area contributed by atoms with Crippen LogP contribution in [0.1, 0.15) is 47.9 Å². The van der Waals surface area contributed by atoms with Crippen molar-refractivity contribution in [3.8, 4) is 23.3 Å². The van der Waals surface area contributed by atoms with E-state index in [0.717, 1.165) is 49.7 Å². The van der Waals surface area contributed by atoms with Gasteiger partial charge < -0.3 is 5.73 Å². The zero-order chi connectivity index (χ0) is 17.1. The quantitative estimate of drug-likeness (QED) is 0.788. The summed E-state index contributed by atoms with van der Waals surface area (Å²) >= 11 is 0. The molecule has 2 aromatic carbocycles. The third kappa shape index (κ3) is 2.61. The highest BCUT2D eigenvalue weighted by Gasteiger charge is 2.25. The number of hydrogen-bond donors (Lipinski definition) is 1. The molecule has 3 rings (SSSR count). The molecule has 24 heavy (non-hydrogen) atoms. The fourth-order valence-electron chi connectivity index (χ4n) is 3.59. The lowest BCUT2D eigenvalue weighted by molar-refractivity contribution is 0.615. The molecule has 0 spiro atoms. The average molecular weight is 319 g/mol. The first-order valence-electron chi connectivity index (χ1n) is 8.21. The monoisotopic (exact) mass is 319 g/mol. The van der Waals surface area contributed by atoms with Crippen LogP contribution in [0.4, 0.5) is 10.1 Å². The minimum atomic E-state index is -0.373. The standard InChI is InChI=1S/C20H18FN3/c21-18-10-6-5-9-15(18)19-14-8-4-2-1-3-7-13(14)16(11-22)20(24)17(19)12-23/h5-6,9-10H,1-4,7-8,24H2. The van der Waals surface area contributed by atoms with Crippen LogP contribution in [-0.4, -0.2) is 0 Å². The van der Waals surface area contributed by atoms with Crippen molar-refractivity contribution in [2.75, 3.05) is 5.73 Å². The zero-order valence-electron chi connectivity index (χ0n) is 13.4. The van der Waals surface area contributed by atoms with Crippen molar-refractivity contribution in [1.29, 1.82) is 10.5 Å². The Balaban J connectivity index is 2.41. The Morgan fingerprint density at radius 1 is 0.875 bits per heavy atom. The molecule has 0 aliphatic heterocycles. The van der Waals surface area contributed by atoms with E-state index in [4.69, 9.17) is 5.73 Å². The summed E-state index contributed by atoms with van der Waals surface area (Å²) in [6.45, 7) is 0. The molecule has 0 atom stereocenters. The second kappa shape index (κ2) is 6.72. The average Bonchev–Trinajstić information content (AvgIpc) is 2.56. The topological polar surface area (TPSA) is 73.6 Å². The Morgan fingerprint density at radius 2 is 1.50 bits per heavy atom. The summed E-state index contributed by atoms with van der Waals surface area (Å²) in [4.78, 5) is 0. The summed E-state index contributed by atoms with van der Waals surface area (Å²) in [5.74, 6) is -0.373. The van der Waals surface area contributed by atoms with E-state index in [1.165, 1.54) is 6.07 Å². The number of halogens is 1. The Hall–Kier alpha value is -2.85. The summed E-state index contributed by atoms with van der Waals surface area (Å²) in [7, 11) is 0. The third-order valence-corrected chi connectivity index (χ3v) is 4.73. The molecule has 120 valence electrons. The number of nitrogens with zero attached hydrogens (tertiary/aromatic N) is 2. The zero-order valence-corrected chi connectivity index (χ0v) is 13.4. The molecule has 2 aromatic rings. The van der Waals surface area contributed by atoms with Gasteiger partial charge in [-0.1, -0.05) is 31.0 Å². The van der Waals surface area contributed by atoms with Crippen molar-refractivity contribution in [2.24, 2.45) is 0 Å². The maximum atomic E-state index is 14.4. The van der Waals surface area contributed by atoms with Crippen molar-refractivity contribution in [3.05, 3.63) is 52.3 Å². The number of nitrogens with two attached hydrogens (primary N) is 1. The molecule has 2 N–H and O–H groups in total. The van der Waals surface area contributed by atoms with Gasteiger partial charge in [-0.2, -0.15) is 10.5 Å². The molecule has 0 amide bonds. The van der Waals surface area contributed by atoms with Gasteiger partial charge in [-0.25, -0.2) is 4.39 Å². The van der Waals surface area contributed by atoms with Gasteiger partial charge in [0.1, 0.15) is 18.0 Å². The molecule has 0 radical (unpaired) electrons. The van der Waals surface area contributed by atoms with Crippen molar-refractivity contribution >= 4 is 5.69 Å². The maximum Gasteiger partial charge on any atom is 0.131 e. The fraction of sp³-hybridized carbons (Fsp3) is 0.300. The molecule has 0 bridgehead atoms. The summed E-state index contributed by atoms with van der Waals surface area (Å²) in [5.41, 5.74) is 9.71. The molecular formula is C20H18FN3. The van der Waals surface area contributed by atoms with Crippen LogP contribution >= 0.6 is 0 Å². The smallest absolute Gasteiger partial charge is 0.131 e. The summed E-state index contributed by atoms with van der Waals surface area (Å²) in [6, 6.07) is 10.7. The molecule has 1 aliphatic carbocycles. The van der Waals surface area contributed by atoms with Gasteiger partial charge in [0.15, 0.2) is 0 Å².